The largest absolute Gasteiger partial charge is 0.483 e. The molecule has 0 spiro atoms. The third kappa shape index (κ3) is 4.00. The molecular weight excluding hydrogens is 342 g/mol. The highest BCUT2D eigenvalue weighted by atomic mass is 16.5. The van der Waals surface area contributed by atoms with Gasteiger partial charge in [0.15, 0.2) is 6.61 Å². The number of rotatable bonds is 5. The van der Waals surface area contributed by atoms with Crippen LogP contribution in [0.25, 0.3) is 11.4 Å². The van der Waals surface area contributed by atoms with Crippen LogP contribution < -0.4 is 4.74 Å². The van der Waals surface area contributed by atoms with E-state index in [1.54, 1.807) is 12.1 Å². The van der Waals surface area contributed by atoms with E-state index in [-0.39, 0.29) is 12.5 Å². The van der Waals surface area contributed by atoms with Gasteiger partial charge in [0.05, 0.1) is 5.56 Å². The highest BCUT2D eigenvalue weighted by Crippen LogP contribution is 2.23. The summed E-state index contributed by atoms with van der Waals surface area (Å²) < 4.78 is 11.1. The number of hydrogen-bond acceptors (Lipinski definition) is 5. The van der Waals surface area contributed by atoms with Gasteiger partial charge in [-0.1, -0.05) is 47.6 Å². The number of aromatic nitrogens is 2. The Bertz CT molecular complexity index is 902. The van der Waals surface area contributed by atoms with Crippen LogP contribution in [0.3, 0.4) is 0 Å². The van der Waals surface area contributed by atoms with E-state index >= 15 is 0 Å². The van der Waals surface area contributed by atoms with Crippen LogP contribution in [-0.2, 0) is 6.61 Å². The van der Waals surface area contributed by atoms with Gasteiger partial charge in [0.25, 0.3) is 11.8 Å². The molecule has 1 saturated heterocycles. The fourth-order valence-electron chi connectivity index (χ4n) is 3.19. The second-order valence-electron chi connectivity index (χ2n) is 6.52. The lowest BCUT2D eigenvalue weighted by Crippen LogP contribution is -2.35. The number of para-hydroxylation sites is 1. The number of likely N-dealkylation sites (tertiary alicyclic amines) is 1. The molecule has 1 aliphatic rings. The molecule has 0 atom stereocenters. The quantitative estimate of drug-likeness (QED) is 0.687. The standard InChI is InChI=1S/C21H21N3O3/c25-21(24-13-7-2-8-14-24)17-11-5-6-12-18(17)26-15-19-22-20(23-27-19)16-9-3-1-4-10-16/h1,3-6,9-12H,2,7-8,13-15H2. The van der Waals surface area contributed by atoms with Crippen molar-refractivity contribution in [3.05, 3.63) is 66.1 Å². The Hall–Kier alpha value is -3.15. The van der Waals surface area contributed by atoms with E-state index in [2.05, 4.69) is 10.1 Å². The smallest absolute Gasteiger partial charge is 0.264 e. The molecule has 0 saturated carbocycles. The monoisotopic (exact) mass is 363 g/mol. The van der Waals surface area contributed by atoms with Crippen LogP contribution in [-0.4, -0.2) is 34.0 Å². The summed E-state index contributed by atoms with van der Waals surface area (Å²) >= 11 is 0. The molecule has 6 heteroatoms. The van der Waals surface area contributed by atoms with Crippen molar-refractivity contribution in [3.8, 4) is 17.1 Å². The van der Waals surface area contributed by atoms with Crippen LogP contribution in [0.15, 0.2) is 59.1 Å². The average molecular weight is 363 g/mol. The first-order valence-electron chi connectivity index (χ1n) is 9.20. The van der Waals surface area contributed by atoms with Crippen LogP contribution in [0.2, 0.25) is 0 Å². The third-order valence-corrected chi connectivity index (χ3v) is 4.61. The number of benzene rings is 2. The van der Waals surface area contributed by atoms with Crippen molar-refractivity contribution >= 4 is 5.91 Å². The van der Waals surface area contributed by atoms with Gasteiger partial charge in [-0.05, 0) is 31.4 Å². The molecule has 1 fully saturated rings. The Morgan fingerprint density at radius 1 is 1.00 bits per heavy atom. The second kappa shape index (κ2) is 8.03. The number of piperidine rings is 1. The lowest BCUT2D eigenvalue weighted by molar-refractivity contribution is 0.0718. The second-order valence-corrected chi connectivity index (χ2v) is 6.52. The fraction of sp³-hybridized carbons (Fsp3) is 0.286. The number of hydrogen-bond donors (Lipinski definition) is 0. The topological polar surface area (TPSA) is 68.5 Å². The predicted octanol–water partition coefficient (Wildman–Crippen LogP) is 3.94. The van der Waals surface area contributed by atoms with Crippen LogP contribution in [0.4, 0.5) is 0 Å². The van der Waals surface area contributed by atoms with E-state index in [1.807, 2.05) is 47.4 Å². The van der Waals surface area contributed by atoms with Gasteiger partial charge in [-0.3, -0.25) is 4.79 Å². The maximum absolute atomic E-state index is 12.8. The van der Waals surface area contributed by atoms with Gasteiger partial charge in [-0.15, -0.1) is 0 Å². The predicted molar refractivity (Wildman–Crippen MR) is 100 cm³/mol. The number of ether oxygens (including phenoxy) is 1. The number of nitrogens with zero attached hydrogens (tertiary/aromatic N) is 3. The minimum absolute atomic E-state index is 0.0146. The minimum atomic E-state index is 0.0146. The van der Waals surface area contributed by atoms with Crippen LogP contribution >= 0.6 is 0 Å². The molecule has 1 aliphatic heterocycles. The van der Waals surface area contributed by atoms with E-state index in [4.69, 9.17) is 9.26 Å². The first-order valence-corrected chi connectivity index (χ1v) is 9.20. The lowest BCUT2D eigenvalue weighted by Gasteiger charge is -2.27. The summed E-state index contributed by atoms with van der Waals surface area (Å²) in [4.78, 5) is 19.1. The van der Waals surface area contributed by atoms with Gasteiger partial charge in [0, 0.05) is 18.7 Å². The molecule has 4 rings (SSSR count). The van der Waals surface area contributed by atoms with E-state index in [0.717, 1.165) is 31.5 Å². The summed E-state index contributed by atoms with van der Waals surface area (Å²) in [7, 11) is 0. The van der Waals surface area contributed by atoms with E-state index in [9.17, 15) is 4.79 Å². The van der Waals surface area contributed by atoms with Crippen molar-refractivity contribution in [2.45, 2.75) is 25.9 Å². The van der Waals surface area contributed by atoms with Gasteiger partial charge in [0.2, 0.25) is 5.82 Å². The normalized spacial score (nSPS) is 14.1. The maximum Gasteiger partial charge on any atom is 0.264 e. The number of carbonyl (C=O) groups excluding carboxylic acids is 1. The van der Waals surface area contributed by atoms with Crippen molar-refractivity contribution in [2.75, 3.05) is 13.1 Å². The summed E-state index contributed by atoms with van der Waals surface area (Å²) in [5.74, 6) is 1.44. The summed E-state index contributed by atoms with van der Waals surface area (Å²) in [6, 6.07) is 16.9. The molecule has 0 bridgehead atoms. The zero-order chi connectivity index (χ0) is 18.5. The van der Waals surface area contributed by atoms with Crippen LogP contribution in [0, 0.1) is 0 Å². The molecule has 27 heavy (non-hydrogen) atoms. The van der Waals surface area contributed by atoms with Crippen molar-refractivity contribution in [1.29, 1.82) is 0 Å². The summed E-state index contributed by atoms with van der Waals surface area (Å²) in [5, 5.41) is 3.99. The minimum Gasteiger partial charge on any atom is -0.483 e. The van der Waals surface area contributed by atoms with Gasteiger partial charge in [-0.2, -0.15) is 4.98 Å². The molecule has 2 aromatic carbocycles. The first kappa shape index (κ1) is 17.3. The fourth-order valence-corrected chi connectivity index (χ4v) is 3.19. The molecule has 2 heterocycles. The van der Waals surface area contributed by atoms with Crippen molar-refractivity contribution in [2.24, 2.45) is 0 Å². The van der Waals surface area contributed by atoms with Crippen molar-refractivity contribution in [1.82, 2.24) is 15.0 Å². The zero-order valence-corrected chi connectivity index (χ0v) is 15.0. The van der Waals surface area contributed by atoms with Gasteiger partial charge < -0.3 is 14.2 Å². The molecule has 0 unspecified atom stereocenters. The zero-order valence-electron chi connectivity index (χ0n) is 15.0. The Balaban J connectivity index is 1.46. The number of carbonyl (C=O) groups is 1. The van der Waals surface area contributed by atoms with E-state index < -0.39 is 0 Å². The average Bonchev–Trinajstić information content (AvgIpc) is 3.22. The summed E-state index contributed by atoms with van der Waals surface area (Å²) in [6.07, 6.45) is 3.29. The van der Waals surface area contributed by atoms with Gasteiger partial charge in [-0.25, -0.2) is 0 Å². The highest BCUT2D eigenvalue weighted by molar-refractivity contribution is 5.97. The SMILES string of the molecule is O=C(c1ccccc1OCc1nc(-c2ccccc2)no1)N1CCCCC1. The maximum atomic E-state index is 12.8. The highest BCUT2D eigenvalue weighted by Gasteiger charge is 2.21. The molecule has 138 valence electrons. The van der Waals surface area contributed by atoms with Crippen molar-refractivity contribution in [3.63, 3.8) is 0 Å². The molecule has 0 radical (unpaired) electrons. The molecule has 0 N–H and O–H groups in total. The Kier molecular flexibility index (Phi) is 5.14. The third-order valence-electron chi connectivity index (χ3n) is 4.61. The van der Waals surface area contributed by atoms with Crippen LogP contribution in [0.5, 0.6) is 5.75 Å². The molecule has 6 nitrogen and oxygen atoms in total. The molecule has 1 aromatic heterocycles. The van der Waals surface area contributed by atoms with E-state index in [0.29, 0.717) is 23.0 Å². The Labute approximate surface area is 157 Å². The summed E-state index contributed by atoms with van der Waals surface area (Å²) in [6.45, 7) is 1.72. The lowest BCUT2D eigenvalue weighted by atomic mass is 10.1. The van der Waals surface area contributed by atoms with Crippen LogP contribution in [0.1, 0.15) is 35.5 Å². The first-order chi connectivity index (χ1) is 13.3. The Morgan fingerprint density at radius 3 is 2.56 bits per heavy atom. The molecule has 3 aromatic rings. The number of amides is 1. The molecular formula is C21H21N3O3. The van der Waals surface area contributed by atoms with Gasteiger partial charge in [0.1, 0.15) is 5.75 Å². The summed E-state index contributed by atoms with van der Waals surface area (Å²) in [5.41, 5.74) is 1.45. The van der Waals surface area contributed by atoms with Crippen molar-refractivity contribution < 1.29 is 14.1 Å². The molecule has 0 aliphatic carbocycles. The van der Waals surface area contributed by atoms with E-state index in [1.165, 1.54) is 6.42 Å². The Morgan fingerprint density at radius 2 is 1.74 bits per heavy atom. The molecule has 1 amide bonds. The van der Waals surface area contributed by atoms with Gasteiger partial charge >= 0.3 is 0 Å².